The summed E-state index contributed by atoms with van der Waals surface area (Å²) in [5.41, 5.74) is 0.488. The van der Waals surface area contributed by atoms with Crippen LogP contribution in [0.5, 0.6) is 5.75 Å². The van der Waals surface area contributed by atoms with E-state index < -0.39 is 16.1 Å². The van der Waals surface area contributed by atoms with E-state index in [1.54, 1.807) is 36.2 Å². The third-order valence-electron chi connectivity index (χ3n) is 4.63. The van der Waals surface area contributed by atoms with Crippen molar-refractivity contribution in [3.63, 3.8) is 0 Å². The van der Waals surface area contributed by atoms with Gasteiger partial charge in [-0.1, -0.05) is 25.0 Å². The van der Waals surface area contributed by atoms with E-state index in [0.717, 1.165) is 31.9 Å². The first-order valence-corrected chi connectivity index (χ1v) is 9.73. The first kappa shape index (κ1) is 16.1. The summed E-state index contributed by atoms with van der Waals surface area (Å²) in [7, 11) is -1.68. The second kappa shape index (κ2) is 6.03. The van der Waals surface area contributed by atoms with Crippen LogP contribution in [0.2, 0.25) is 0 Å². The number of para-hydroxylation sites is 2. The van der Waals surface area contributed by atoms with E-state index in [0.29, 0.717) is 11.4 Å². The molecule has 0 spiro atoms. The number of anilines is 1. The topological polar surface area (TPSA) is 66.9 Å². The maximum atomic E-state index is 12.7. The second-order valence-corrected chi connectivity index (χ2v) is 8.16. The maximum absolute atomic E-state index is 12.7. The third kappa shape index (κ3) is 3.15. The van der Waals surface area contributed by atoms with Gasteiger partial charge in [0, 0.05) is 13.1 Å². The molecule has 1 aliphatic heterocycles. The van der Waals surface area contributed by atoms with Crippen LogP contribution in [0.1, 0.15) is 25.7 Å². The van der Waals surface area contributed by atoms with E-state index in [-0.39, 0.29) is 18.5 Å². The predicted octanol–water partition coefficient (Wildman–Crippen LogP) is 1.61. The highest BCUT2D eigenvalue weighted by Crippen LogP contribution is 2.35. The van der Waals surface area contributed by atoms with Gasteiger partial charge in [-0.3, -0.25) is 9.10 Å². The van der Waals surface area contributed by atoms with Gasteiger partial charge in [0.05, 0.1) is 18.5 Å². The molecule has 1 fully saturated rings. The molecule has 23 heavy (non-hydrogen) atoms. The van der Waals surface area contributed by atoms with Crippen molar-refractivity contribution in [2.24, 2.45) is 0 Å². The van der Waals surface area contributed by atoms with E-state index in [9.17, 15) is 13.2 Å². The molecular formula is C16H22N2O4S. The number of likely N-dealkylation sites (N-methyl/N-ethyl adjacent to an activating group) is 1. The van der Waals surface area contributed by atoms with Crippen molar-refractivity contribution >= 4 is 21.6 Å². The minimum Gasteiger partial charge on any atom is -0.476 e. The Kier molecular flexibility index (Phi) is 4.23. The molecule has 0 unspecified atom stereocenters. The van der Waals surface area contributed by atoms with Crippen LogP contribution in [0, 0.1) is 0 Å². The molecule has 1 saturated carbocycles. The van der Waals surface area contributed by atoms with Crippen LogP contribution in [-0.2, 0) is 14.8 Å². The van der Waals surface area contributed by atoms with E-state index in [4.69, 9.17) is 4.74 Å². The zero-order valence-corrected chi connectivity index (χ0v) is 14.3. The van der Waals surface area contributed by atoms with E-state index in [1.807, 2.05) is 0 Å². The first-order chi connectivity index (χ1) is 10.9. The van der Waals surface area contributed by atoms with Crippen molar-refractivity contribution < 1.29 is 17.9 Å². The highest BCUT2D eigenvalue weighted by molar-refractivity contribution is 7.92. The number of hydrogen-bond donors (Lipinski definition) is 0. The minimum absolute atomic E-state index is 0.0196. The number of ether oxygens (including phenoxy) is 1. The summed E-state index contributed by atoms with van der Waals surface area (Å²) in [6.07, 6.45) is 4.61. The molecule has 1 aliphatic carbocycles. The smallest absolute Gasteiger partial charge is 0.265 e. The first-order valence-electron chi connectivity index (χ1n) is 7.88. The largest absolute Gasteiger partial charge is 0.476 e. The fraction of sp³-hybridized carbons (Fsp3) is 0.562. The van der Waals surface area contributed by atoms with Crippen LogP contribution in [0.4, 0.5) is 5.69 Å². The van der Waals surface area contributed by atoms with Crippen LogP contribution in [-0.4, -0.2) is 51.2 Å². The standard InChI is InChI=1S/C16H22N2O4S/c1-17(12-7-3-4-8-12)16(19)15-11-18(23(2,20)21)13-9-5-6-10-14(13)22-15/h5-6,9-10,12,15H,3-4,7-8,11H2,1-2H3/t15-/m1/s1. The number of nitrogens with zero attached hydrogens (tertiary/aromatic N) is 2. The number of benzene rings is 1. The number of carbonyl (C=O) groups is 1. The molecule has 126 valence electrons. The molecule has 7 heteroatoms. The van der Waals surface area contributed by atoms with Gasteiger partial charge in [-0.15, -0.1) is 0 Å². The van der Waals surface area contributed by atoms with E-state index >= 15 is 0 Å². The van der Waals surface area contributed by atoms with Gasteiger partial charge in [-0.05, 0) is 25.0 Å². The molecule has 1 heterocycles. The average molecular weight is 338 g/mol. The van der Waals surface area contributed by atoms with Gasteiger partial charge in [-0.25, -0.2) is 8.42 Å². The van der Waals surface area contributed by atoms with Gasteiger partial charge in [0.25, 0.3) is 5.91 Å². The third-order valence-corrected chi connectivity index (χ3v) is 5.78. The van der Waals surface area contributed by atoms with E-state index in [2.05, 4.69) is 0 Å². The number of amides is 1. The van der Waals surface area contributed by atoms with Gasteiger partial charge < -0.3 is 9.64 Å². The molecule has 1 aromatic rings. The Morgan fingerprint density at radius 3 is 2.57 bits per heavy atom. The molecule has 6 nitrogen and oxygen atoms in total. The Morgan fingerprint density at radius 2 is 1.91 bits per heavy atom. The molecule has 0 aromatic heterocycles. The lowest BCUT2D eigenvalue weighted by Gasteiger charge is -2.36. The van der Waals surface area contributed by atoms with Crippen molar-refractivity contribution in [2.75, 3.05) is 24.2 Å². The Morgan fingerprint density at radius 1 is 1.26 bits per heavy atom. The van der Waals surface area contributed by atoms with Crippen LogP contribution in [0.25, 0.3) is 0 Å². The van der Waals surface area contributed by atoms with Gasteiger partial charge in [0.15, 0.2) is 6.10 Å². The van der Waals surface area contributed by atoms with Crippen LogP contribution in [0.3, 0.4) is 0 Å². The molecule has 0 bridgehead atoms. The van der Waals surface area contributed by atoms with Crippen molar-refractivity contribution in [1.29, 1.82) is 0 Å². The number of fused-ring (bicyclic) bond motifs is 1. The summed E-state index contributed by atoms with van der Waals surface area (Å²) < 4.78 is 31.2. The van der Waals surface area contributed by atoms with Gasteiger partial charge in [0.2, 0.25) is 10.0 Å². The van der Waals surface area contributed by atoms with Crippen molar-refractivity contribution in [2.45, 2.75) is 37.8 Å². The number of rotatable bonds is 3. The summed E-state index contributed by atoms with van der Waals surface area (Å²) >= 11 is 0. The lowest BCUT2D eigenvalue weighted by Crippen LogP contribution is -2.52. The maximum Gasteiger partial charge on any atom is 0.265 e. The number of carbonyl (C=O) groups excluding carboxylic acids is 1. The summed E-state index contributed by atoms with van der Waals surface area (Å²) in [6.45, 7) is 0.0196. The second-order valence-electron chi connectivity index (χ2n) is 6.26. The van der Waals surface area contributed by atoms with Crippen LogP contribution < -0.4 is 9.04 Å². The van der Waals surface area contributed by atoms with Gasteiger partial charge >= 0.3 is 0 Å². The molecular weight excluding hydrogens is 316 g/mol. The normalized spacial score (nSPS) is 21.7. The Bertz CT molecular complexity index is 698. The predicted molar refractivity (Wildman–Crippen MR) is 88.1 cm³/mol. The fourth-order valence-corrected chi connectivity index (χ4v) is 4.26. The summed E-state index contributed by atoms with van der Waals surface area (Å²) in [5, 5.41) is 0. The summed E-state index contributed by atoms with van der Waals surface area (Å²) in [5.74, 6) is 0.280. The Balaban J connectivity index is 1.86. The van der Waals surface area contributed by atoms with Crippen molar-refractivity contribution in [3.8, 4) is 5.75 Å². The Hall–Kier alpha value is -1.76. The molecule has 1 amide bonds. The molecule has 3 rings (SSSR count). The highest BCUT2D eigenvalue weighted by atomic mass is 32.2. The number of sulfonamides is 1. The zero-order chi connectivity index (χ0) is 16.6. The molecule has 0 saturated heterocycles. The van der Waals surface area contributed by atoms with Crippen LogP contribution >= 0.6 is 0 Å². The molecule has 1 atom stereocenters. The SMILES string of the molecule is CN(C(=O)[C@H]1CN(S(C)(=O)=O)c2ccccc2O1)C1CCCC1. The van der Waals surface area contributed by atoms with Gasteiger partial charge in [-0.2, -0.15) is 0 Å². The van der Waals surface area contributed by atoms with Crippen LogP contribution in [0.15, 0.2) is 24.3 Å². The molecule has 0 radical (unpaired) electrons. The summed E-state index contributed by atoms with van der Waals surface area (Å²) in [6, 6.07) is 7.15. The molecule has 0 N–H and O–H groups in total. The fourth-order valence-electron chi connectivity index (χ4n) is 3.34. The number of hydrogen-bond acceptors (Lipinski definition) is 4. The zero-order valence-electron chi connectivity index (χ0n) is 13.4. The lowest BCUT2D eigenvalue weighted by molar-refractivity contribution is -0.139. The van der Waals surface area contributed by atoms with E-state index in [1.165, 1.54) is 4.31 Å². The monoisotopic (exact) mass is 338 g/mol. The van der Waals surface area contributed by atoms with Crippen molar-refractivity contribution in [1.82, 2.24) is 4.90 Å². The Labute approximate surface area is 137 Å². The van der Waals surface area contributed by atoms with Gasteiger partial charge in [0.1, 0.15) is 5.75 Å². The molecule has 2 aliphatic rings. The molecule has 1 aromatic carbocycles. The average Bonchev–Trinajstić information content (AvgIpc) is 3.05. The minimum atomic E-state index is -3.47. The lowest BCUT2D eigenvalue weighted by atomic mass is 10.1. The van der Waals surface area contributed by atoms with Crippen molar-refractivity contribution in [3.05, 3.63) is 24.3 Å². The summed E-state index contributed by atoms with van der Waals surface area (Å²) in [4.78, 5) is 14.5. The highest BCUT2D eigenvalue weighted by Gasteiger charge is 2.37. The quantitative estimate of drug-likeness (QED) is 0.840.